The van der Waals surface area contributed by atoms with E-state index >= 15 is 0 Å². The van der Waals surface area contributed by atoms with E-state index in [1.54, 1.807) is 0 Å². The van der Waals surface area contributed by atoms with Crippen LogP contribution in [0.25, 0.3) is 0 Å². The molecule has 0 radical (unpaired) electrons. The first-order valence-corrected chi connectivity index (χ1v) is 9.82. The quantitative estimate of drug-likeness (QED) is 0.735. The molecule has 5 heteroatoms. The molecule has 1 aliphatic rings. The van der Waals surface area contributed by atoms with E-state index in [4.69, 9.17) is 4.52 Å². The fraction of sp³-hybridized carbons (Fsp3) is 0.571. The van der Waals surface area contributed by atoms with Gasteiger partial charge >= 0.3 is 0 Å². The lowest BCUT2D eigenvalue weighted by Crippen LogP contribution is -2.46. The van der Waals surface area contributed by atoms with Crippen LogP contribution in [-0.4, -0.2) is 49.3 Å². The second kappa shape index (κ2) is 9.19. The van der Waals surface area contributed by atoms with Crippen LogP contribution in [0.4, 0.5) is 5.69 Å². The maximum Gasteiger partial charge on any atom is 0.150 e. The Balaban J connectivity index is 1.29. The van der Waals surface area contributed by atoms with Gasteiger partial charge in [0.1, 0.15) is 0 Å². The van der Waals surface area contributed by atoms with Crippen LogP contribution in [0.1, 0.15) is 43.2 Å². The molecule has 0 aliphatic carbocycles. The van der Waals surface area contributed by atoms with Gasteiger partial charge in [0.05, 0.1) is 12.2 Å². The van der Waals surface area contributed by atoms with Gasteiger partial charge in [-0.3, -0.25) is 4.90 Å². The maximum atomic E-state index is 5.36. The van der Waals surface area contributed by atoms with Gasteiger partial charge in [-0.15, -0.1) is 0 Å². The van der Waals surface area contributed by atoms with Crippen LogP contribution in [0.2, 0.25) is 0 Å². The maximum absolute atomic E-state index is 5.36. The topological polar surface area (TPSA) is 44.5 Å². The van der Waals surface area contributed by atoms with Gasteiger partial charge in [0.2, 0.25) is 0 Å². The van der Waals surface area contributed by atoms with Gasteiger partial charge < -0.3 is 14.7 Å². The van der Waals surface area contributed by atoms with Crippen molar-refractivity contribution in [2.24, 2.45) is 0 Å². The van der Waals surface area contributed by atoms with E-state index in [1.807, 2.05) is 0 Å². The molecule has 0 saturated carbocycles. The van der Waals surface area contributed by atoms with Gasteiger partial charge in [-0.2, -0.15) is 0 Å². The molecule has 142 valence electrons. The van der Waals surface area contributed by atoms with E-state index in [2.05, 4.69) is 71.4 Å². The number of piperazine rings is 1. The number of aryl methyl sites for hydroxylation is 1. The SMILES string of the molecule is Cc1ccc(N2CCN(CCCNCc3cc(C(C)C)no3)CC2)cc1. The Hall–Kier alpha value is -1.85. The Morgan fingerprint density at radius 3 is 2.50 bits per heavy atom. The predicted molar refractivity (Wildman–Crippen MR) is 107 cm³/mol. The van der Waals surface area contributed by atoms with Crippen molar-refractivity contribution in [1.82, 2.24) is 15.4 Å². The molecule has 1 N–H and O–H groups in total. The third-order valence-electron chi connectivity index (χ3n) is 5.07. The number of nitrogens with zero attached hydrogens (tertiary/aromatic N) is 3. The zero-order valence-electron chi connectivity index (χ0n) is 16.4. The van der Waals surface area contributed by atoms with Gasteiger partial charge in [0, 0.05) is 37.9 Å². The van der Waals surface area contributed by atoms with Crippen LogP contribution in [-0.2, 0) is 6.54 Å². The van der Waals surface area contributed by atoms with Crippen molar-refractivity contribution < 1.29 is 4.52 Å². The third-order valence-corrected chi connectivity index (χ3v) is 5.07. The fourth-order valence-electron chi connectivity index (χ4n) is 3.31. The Morgan fingerprint density at radius 2 is 1.85 bits per heavy atom. The van der Waals surface area contributed by atoms with E-state index in [-0.39, 0.29) is 0 Å². The molecule has 0 spiro atoms. The third kappa shape index (κ3) is 5.32. The van der Waals surface area contributed by atoms with Crippen LogP contribution in [0.15, 0.2) is 34.9 Å². The van der Waals surface area contributed by atoms with E-state index in [1.165, 1.54) is 11.3 Å². The highest BCUT2D eigenvalue weighted by Gasteiger charge is 2.16. The Bertz CT molecular complexity index is 657. The highest BCUT2D eigenvalue weighted by molar-refractivity contribution is 5.47. The lowest BCUT2D eigenvalue weighted by Gasteiger charge is -2.36. The molecule has 1 aromatic heterocycles. The number of aromatic nitrogens is 1. The van der Waals surface area contributed by atoms with Gasteiger partial charge in [0.15, 0.2) is 5.76 Å². The lowest BCUT2D eigenvalue weighted by molar-refractivity contribution is 0.253. The molecule has 26 heavy (non-hydrogen) atoms. The van der Waals surface area contributed by atoms with Crippen LogP contribution < -0.4 is 10.2 Å². The number of rotatable bonds is 8. The first kappa shape index (κ1) is 18.9. The second-order valence-electron chi connectivity index (χ2n) is 7.57. The molecule has 1 saturated heterocycles. The fourth-order valence-corrected chi connectivity index (χ4v) is 3.31. The normalized spacial score (nSPS) is 15.8. The summed E-state index contributed by atoms with van der Waals surface area (Å²) in [4.78, 5) is 5.06. The average Bonchev–Trinajstić information content (AvgIpc) is 3.12. The summed E-state index contributed by atoms with van der Waals surface area (Å²) >= 11 is 0. The van der Waals surface area contributed by atoms with E-state index in [0.29, 0.717) is 5.92 Å². The summed E-state index contributed by atoms with van der Waals surface area (Å²) in [6, 6.07) is 10.9. The second-order valence-corrected chi connectivity index (χ2v) is 7.57. The predicted octanol–water partition coefficient (Wildman–Crippen LogP) is 3.41. The highest BCUT2D eigenvalue weighted by atomic mass is 16.5. The summed E-state index contributed by atoms with van der Waals surface area (Å²) in [5, 5.41) is 7.56. The molecule has 1 aliphatic heterocycles. The number of benzene rings is 1. The smallest absolute Gasteiger partial charge is 0.150 e. The summed E-state index contributed by atoms with van der Waals surface area (Å²) in [5.74, 6) is 1.35. The highest BCUT2D eigenvalue weighted by Crippen LogP contribution is 2.17. The van der Waals surface area contributed by atoms with Crippen molar-refractivity contribution in [2.45, 2.75) is 39.7 Å². The van der Waals surface area contributed by atoms with Gasteiger partial charge in [-0.25, -0.2) is 0 Å². The monoisotopic (exact) mass is 356 g/mol. The van der Waals surface area contributed by atoms with E-state index in [0.717, 1.165) is 63.7 Å². The van der Waals surface area contributed by atoms with E-state index < -0.39 is 0 Å². The molecule has 0 atom stereocenters. The molecule has 1 aromatic carbocycles. The van der Waals surface area contributed by atoms with Gasteiger partial charge in [0.25, 0.3) is 0 Å². The van der Waals surface area contributed by atoms with Crippen LogP contribution in [0.3, 0.4) is 0 Å². The van der Waals surface area contributed by atoms with Gasteiger partial charge in [-0.05, 0) is 44.5 Å². The average molecular weight is 357 g/mol. The minimum atomic E-state index is 0.422. The van der Waals surface area contributed by atoms with Crippen molar-refractivity contribution >= 4 is 5.69 Å². The van der Waals surface area contributed by atoms with Crippen molar-refractivity contribution in [3.8, 4) is 0 Å². The van der Waals surface area contributed by atoms with Crippen LogP contribution in [0, 0.1) is 6.92 Å². The van der Waals surface area contributed by atoms with Crippen molar-refractivity contribution in [3.05, 3.63) is 47.3 Å². The van der Waals surface area contributed by atoms with E-state index in [9.17, 15) is 0 Å². The zero-order chi connectivity index (χ0) is 18.4. The van der Waals surface area contributed by atoms with Crippen LogP contribution >= 0.6 is 0 Å². The van der Waals surface area contributed by atoms with Crippen molar-refractivity contribution in [1.29, 1.82) is 0 Å². The Morgan fingerprint density at radius 1 is 1.12 bits per heavy atom. The number of hydrogen-bond acceptors (Lipinski definition) is 5. The molecule has 0 unspecified atom stereocenters. The van der Waals surface area contributed by atoms with Gasteiger partial charge in [-0.1, -0.05) is 36.7 Å². The standard InChI is InChI=1S/C21H32N4O/c1-17(2)21-15-20(26-23-21)16-22-9-4-10-24-11-13-25(14-12-24)19-7-5-18(3)6-8-19/h5-8,15,17,22H,4,9-14,16H2,1-3H3. The largest absolute Gasteiger partial charge is 0.369 e. The number of nitrogens with one attached hydrogen (secondary N) is 1. The Kier molecular flexibility index (Phi) is 6.69. The number of hydrogen-bond donors (Lipinski definition) is 1. The molecular formula is C21H32N4O. The molecule has 1 fully saturated rings. The lowest BCUT2D eigenvalue weighted by atomic mass is 10.1. The minimum absolute atomic E-state index is 0.422. The summed E-state index contributed by atoms with van der Waals surface area (Å²) in [6.07, 6.45) is 1.16. The zero-order valence-corrected chi connectivity index (χ0v) is 16.4. The van der Waals surface area contributed by atoms with Crippen LogP contribution in [0.5, 0.6) is 0 Å². The first-order chi connectivity index (χ1) is 12.6. The van der Waals surface area contributed by atoms with Crippen molar-refractivity contribution in [2.75, 3.05) is 44.2 Å². The molecule has 5 nitrogen and oxygen atoms in total. The molecule has 0 bridgehead atoms. The molecule has 2 aromatic rings. The first-order valence-electron chi connectivity index (χ1n) is 9.82. The summed E-state index contributed by atoms with van der Waals surface area (Å²) < 4.78 is 5.36. The summed E-state index contributed by atoms with van der Waals surface area (Å²) in [6.45, 7) is 13.9. The molecule has 3 rings (SSSR count). The molecule has 0 amide bonds. The van der Waals surface area contributed by atoms with Crippen molar-refractivity contribution in [3.63, 3.8) is 0 Å². The molecule has 2 heterocycles. The minimum Gasteiger partial charge on any atom is -0.369 e. The molecular weight excluding hydrogens is 324 g/mol. The summed E-state index contributed by atoms with van der Waals surface area (Å²) in [5.41, 5.74) is 3.71. The summed E-state index contributed by atoms with van der Waals surface area (Å²) in [7, 11) is 0. The number of anilines is 1. The Labute approximate surface area is 157 Å².